The molecule has 2 fully saturated rings. The molecule has 2 aliphatic heterocycles. The Kier molecular flexibility index (Phi) is 7.29. The van der Waals surface area contributed by atoms with E-state index >= 15 is 0 Å². The minimum Gasteiger partial charge on any atom is -0.444 e. The molecule has 3 amide bonds. The van der Waals surface area contributed by atoms with Crippen molar-refractivity contribution in [3.05, 3.63) is 0 Å². The van der Waals surface area contributed by atoms with Crippen LogP contribution in [0.3, 0.4) is 0 Å². The van der Waals surface area contributed by atoms with Crippen LogP contribution in [-0.4, -0.2) is 77.5 Å². The minimum absolute atomic E-state index is 0.00277. The highest BCUT2D eigenvalue weighted by molar-refractivity contribution is 5.84. The van der Waals surface area contributed by atoms with Crippen LogP contribution < -0.4 is 0 Å². The summed E-state index contributed by atoms with van der Waals surface area (Å²) in [7, 11) is 0. The van der Waals surface area contributed by atoms with Crippen LogP contribution in [0.1, 0.15) is 59.3 Å². The Morgan fingerprint density at radius 2 is 1.12 bits per heavy atom. The average Bonchev–Trinajstić information content (AvgIpc) is 2.87. The third-order valence-corrected chi connectivity index (χ3v) is 4.80. The van der Waals surface area contributed by atoms with Gasteiger partial charge in [-0.3, -0.25) is 9.59 Å². The Hall–Kier alpha value is -1.79. The number of hydrogen-bond acceptors (Lipinski definition) is 4. The van der Waals surface area contributed by atoms with Crippen molar-refractivity contribution in [3.63, 3.8) is 0 Å². The Morgan fingerprint density at radius 1 is 0.692 bits per heavy atom. The number of piperazine rings is 1. The van der Waals surface area contributed by atoms with E-state index in [1.54, 1.807) is 9.80 Å². The normalized spacial score (nSPS) is 19.1. The van der Waals surface area contributed by atoms with Crippen molar-refractivity contribution in [3.8, 4) is 0 Å². The number of hydrogen-bond donors (Lipinski definition) is 0. The maximum absolute atomic E-state index is 12.4. The van der Waals surface area contributed by atoms with E-state index in [-0.39, 0.29) is 30.7 Å². The summed E-state index contributed by atoms with van der Waals surface area (Å²) in [5.74, 6) is 0.0876. The Labute approximate surface area is 156 Å². The van der Waals surface area contributed by atoms with E-state index in [9.17, 15) is 14.4 Å². The summed E-state index contributed by atoms with van der Waals surface area (Å²) in [6.07, 6.45) is 4.70. The number of likely N-dealkylation sites (tertiary alicyclic amines) is 1. The summed E-state index contributed by atoms with van der Waals surface area (Å²) in [6.45, 7) is 9.10. The number of ether oxygens (including phenoxy) is 1. The topological polar surface area (TPSA) is 70.2 Å². The quantitative estimate of drug-likeness (QED) is 0.767. The van der Waals surface area contributed by atoms with Crippen molar-refractivity contribution in [1.82, 2.24) is 14.7 Å². The molecule has 0 aliphatic carbocycles. The van der Waals surface area contributed by atoms with E-state index < -0.39 is 5.60 Å². The zero-order valence-corrected chi connectivity index (χ0v) is 16.5. The Balaban J connectivity index is 1.71. The van der Waals surface area contributed by atoms with Crippen LogP contribution in [-0.2, 0) is 14.3 Å². The minimum atomic E-state index is -0.516. The first-order chi connectivity index (χ1) is 12.3. The molecule has 0 spiro atoms. The van der Waals surface area contributed by atoms with Gasteiger partial charge in [0.25, 0.3) is 0 Å². The monoisotopic (exact) mass is 367 g/mol. The highest BCUT2D eigenvalue weighted by atomic mass is 16.6. The van der Waals surface area contributed by atoms with Gasteiger partial charge in [0.05, 0.1) is 0 Å². The van der Waals surface area contributed by atoms with Gasteiger partial charge in [-0.05, 0) is 33.6 Å². The van der Waals surface area contributed by atoms with Gasteiger partial charge in [-0.25, -0.2) is 4.79 Å². The molecule has 0 aromatic heterocycles. The van der Waals surface area contributed by atoms with Crippen molar-refractivity contribution in [2.45, 2.75) is 64.9 Å². The largest absolute Gasteiger partial charge is 0.444 e. The van der Waals surface area contributed by atoms with Crippen LogP contribution in [0, 0.1) is 0 Å². The fourth-order valence-electron chi connectivity index (χ4n) is 3.32. The lowest BCUT2D eigenvalue weighted by molar-refractivity contribution is -0.138. The van der Waals surface area contributed by atoms with Crippen LogP contribution in [0.15, 0.2) is 0 Å². The number of rotatable bonds is 3. The first-order valence-electron chi connectivity index (χ1n) is 9.80. The van der Waals surface area contributed by atoms with E-state index in [1.807, 2.05) is 25.7 Å². The van der Waals surface area contributed by atoms with Gasteiger partial charge >= 0.3 is 6.09 Å². The second-order valence-electron chi connectivity index (χ2n) is 8.14. The predicted molar refractivity (Wildman–Crippen MR) is 98.7 cm³/mol. The highest BCUT2D eigenvalue weighted by Gasteiger charge is 2.28. The molecule has 0 aromatic carbocycles. The summed E-state index contributed by atoms with van der Waals surface area (Å²) in [5, 5.41) is 0. The van der Waals surface area contributed by atoms with Crippen LogP contribution >= 0.6 is 0 Å². The van der Waals surface area contributed by atoms with Gasteiger partial charge in [0, 0.05) is 52.1 Å². The molecular formula is C19H33N3O4. The molecule has 2 aliphatic rings. The Bertz CT molecular complexity index is 499. The lowest BCUT2D eigenvalue weighted by Crippen LogP contribution is -2.51. The summed E-state index contributed by atoms with van der Waals surface area (Å²) >= 11 is 0. The standard InChI is InChI=1S/C19H33N3O4/c1-19(2,3)26-18(25)22-14-12-21(13-15-22)17(24)9-8-16(23)20-10-6-4-5-7-11-20/h4-15H2,1-3H3. The molecule has 2 saturated heterocycles. The van der Waals surface area contributed by atoms with E-state index in [4.69, 9.17) is 4.74 Å². The van der Waals surface area contributed by atoms with Crippen LogP contribution in [0.25, 0.3) is 0 Å². The molecule has 0 saturated carbocycles. The SMILES string of the molecule is CC(C)(C)OC(=O)N1CCN(C(=O)CCC(=O)N2CCCCCC2)CC1. The second-order valence-corrected chi connectivity index (χ2v) is 8.14. The third-order valence-electron chi connectivity index (χ3n) is 4.80. The van der Waals surface area contributed by atoms with Gasteiger partial charge in [-0.15, -0.1) is 0 Å². The van der Waals surface area contributed by atoms with Gasteiger partial charge < -0.3 is 19.4 Å². The molecule has 7 nitrogen and oxygen atoms in total. The van der Waals surface area contributed by atoms with Crippen LogP contribution in [0.4, 0.5) is 4.79 Å². The molecule has 0 aromatic rings. The molecule has 0 atom stereocenters. The van der Waals surface area contributed by atoms with E-state index in [0.717, 1.165) is 25.9 Å². The molecule has 2 heterocycles. The number of carbonyl (C=O) groups excluding carboxylic acids is 3. The summed E-state index contributed by atoms with van der Waals surface area (Å²) in [4.78, 5) is 42.0. The maximum atomic E-state index is 12.4. The van der Waals surface area contributed by atoms with E-state index in [1.165, 1.54) is 12.8 Å². The molecule has 0 unspecified atom stereocenters. The average molecular weight is 367 g/mol. The maximum Gasteiger partial charge on any atom is 0.410 e. The van der Waals surface area contributed by atoms with E-state index in [0.29, 0.717) is 26.2 Å². The molecule has 0 bridgehead atoms. The molecule has 148 valence electrons. The summed E-state index contributed by atoms with van der Waals surface area (Å²) < 4.78 is 5.36. The molecular weight excluding hydrogens is 334 g/mol. The molecule has 0 radical (unpaired) electrons. The van der Waals surface area contributed by atoms with Gasteiger partial charge in [-0.2, -0.15) is 0 Å². The summed E-state index contributed by atoms with van der Waals surface area (Å²) in [6, 6.07) is 0. The lowest BCUT2D eigenvalue weighted by atomic mass is 10.2. The van der Waals surface area contributed by atoms with Crippen LogP contribution in [0.2, 0.25) is 0 Å². The fraction of sp³-hybridized carbons (Fsp3) is 0.842. The third kappa shape index (κ3) is 6.50. The lowest BCUT2D eigenvalue weighted by Gasteiger charge is -2.35. The number of amides is 3. The Morgan fingerprint density at radius 3 is 1.58 bits per heavy atom. The second kappa shape index (κ2) is 9.24. The zero-order valence-electron chi connectivity index (χ0n) is 16.5. The van der Waals surface area contributed by atoms with Crippen molar-refractivity contribution in [1.29, 1.82) is 0 Å². The molecule has 26 heavy (non-hydrogen) atoms. The number of carbonyl (C=O) groups is 3. The zero-order chi connectivity index (χ0) is 19.2. The highest BCUT2D eigenvalue weighted by Crippen LogP contribution is 2.14. The van der Waals surface area contributed by atoms with Crippen molar-refractivity contribution in [2.75, 3.05) is 39.3 Å². The van der Waals surface area contributed by atoms with Crippen LogP contribution in [0.5, 0.6) is 0 Å². The van der Waals surface area contributed by atoms with Gasteiger partial charge in [0.15, 0.2) is 0 Å². The van der Waals surface area contributed by atoms with Gasteiger partial charge in [0.2, 0.25) is 11.8 Å². The smallest absolute Gasteiger partial charge is 0.410 e. The van der Waals surface area contributed by atoms with Crippen molar-refractivity contribution >= 4 is 17.9 Å². The van der Waals surface area contributed by atoms with E-state index in [2.05, 4.69) is 0 Å². The first-order valence-corrected chi connectivity index (χ1v) is 9.80. The fourth-order valence-corrected chi connectivity index (χ4v) is 3.32. The summed E-state index contributed by atoms with van der Waals surface area (Å²) in [5.41, 5.74) is -0.516. The van der Waals surface area contributed by atoms with Gasteiger partial charge in [0.1, 0.15) is 5.60 Å². The predicted octanol–water partition coefficient (Wildman–Crippen LogP) is 2.25. The van der Waals surface area contributed by atoms with Crippen molar-refractivity contribution in [2.24, 2.45) is 0 Å². The van der Waals surface area contributed by atoms with Crippen molar-refractivity contribution < 1.29 is 19.1 Å². The first kappa shape index (κ1) is 20.5. The van der Waals surface area contributed by atoms with Gasteiger partial charge in [-0.1, -0.05) is 12.8 Å². The number of nitrogens with zero attached hydrogens (tertiary/aromatic N) is 3. The molecule has 0 N–H and O–H groups in total. The molecule has 2 rings (SSSR count). The molecule has 7 heteroatoms.